The van der Waals surface area contributed by atoms with Crippen molar-refractivity contribution in [2.24, 2.45) is 0 Å². The van der Waals surface area contributed by atoms with Gasteiger partial charge in [0.1, 0.15) is 11.6 Å². The summed E-state index contributed by atoms with van der Waals surface area (Å²) >= 11 is 0. The van der Waals surface area contributed by atoms with Crippen molar-refractivity contribution >= 4 is 16.6 Å². The maximum Gasteiger partial charge on any atom is 0.130 e. The topological polar surface area (TPSA) is 37.8 Å². The number of hydrogen-bond acceptors (Lipinski definition) is 3. The lowest BCUT2D eigenvalue weighted by atomic mass is 10.0. The van der Waals surface area contributed by atoms with E-state index in [4.69, 9.17) is 0 Å². The zero-order valence-corrected chi connectivity index (χ0v) is 11.7. The van der Waals surface area contributed by atoms with Gasteiger partial charge < -0.3 is 5.32 Å². The van der Waals surface area contributed by atoms with Gasteiger partial charge in [-0.3, -0.25) is 0 Å². The highest BCUT2D eigenvalue weighted by atomic mass is 15.0. The van der Waals surface area contributed by atoms with Gasteiger partial charge in [-0.15, -0.1) is 0 Å². The second-order valence-electron chi connectivity index (χ2n) is 4.74. The minimum Gasteiger partial charge on any atom is -0.370 e. The number of rotatable bonds is 3. The van der Waals surface area contributed by atoms with Crippen LogP contribution in [0.3, 0.4) is 0 Å². The van der Waals surface area contributed by atoms with E-state index in [1.165, 1.54) is 10.8 Å². The van der Waals surface area contributed by atoms with E-state index < -0.39 is 0 Å². The second-order valence-corrected chi connectivity index (χ2v) is 4.74. The molecule has 3 aromatic rings. The van der Waals surface area contributed by atoms with E-state index in [0.717, 1.165) is 29.4 Å². The van der Waals surface area contributed by atoms with Gasteiger partial charge in [-0.2, -0.15) is 0 Å². The monoisotopic (exact) mass is 263 g/mol. The molecular weight excluding hydrogens is 246 g/mol. The third kappa shape index (κ3) is 2.35. The Labute approximate surface area is 118 Å². The van der Waals surface area contributed by atoms with E-state index in [1.54, 1.807) is 0 Å². The van der Waals surface area contributed by atoms with Gasteiger partial charge in [-0.05, 0) is 24.6 Å². The largest absolute Gasteiger partial charge is 0.370 e. The fraction of sp³-hybridized carbons (Fsp3) is 0.176. The van der Waals surface area contributed by atoms with E-state index in [1.807, 2.05) is 13.0 Å². The summed E-state index contributed by atoms with van der Waals surface area (Å²) in [5, 5.41) is 5.70. The summed E-state index contributed by atoms with van der Waals surface area (Å²) < 4.78 is 0. The zero-order valence-electron chi connectivity index (χ0n) is 11.7. The minimum absolute atomic E-state index is 0.784. The Kier molecular flexibility index (Phi) is 3.33. The molecule has 100 valence electrons. The van der Waals surface area contributed by atoms with Gasteiger partial charge in [0.15, 0.2) is 0 Å². The first-order chi connectivity index (χ1) is 9.78. The summed E-state index contributed by atoms with van der Waals surface area (Å²) in [5.41, 5.74) is 2.11. The minimum atomic E-state index is 0.784. The van der Waals surface area contributed by atoms with Crippen molar-refractivity contribution in [2.45, 2.75) is 13.8 Å². The van der Waals surface area contributed by atoms with E-state index in [-0.39, 0.29) is 0 Å². The molecule has 0 aliphatic carbocycles. The molecule has 0 radical (unpaired) electrons. The normalized spacial score (nSPS) is 10.7. The Morgan fingerprint density at radius 2 is 1.80 bits per heavy atom. The van der Waals surface area contributed by atoms with Crippen LogP contribution in [-0.4, -0.2) is 16.5 Å². The Morgan fingerprint density at radius 3 is 2.65 bits per heavy atom. The van der Waals surface area contributed by atoms with Crippen LogP contribution in [0.5, 0.6) is 0 Å². The SMILES string of the molecule is CCNc1cc(-c2cccc3ccccc23)nc(C)n1. The second kappa shape index (κ2) is 5.29. The molecule has 0 spiro atoms. The molecule has 0 saturated carbocycles. The molecule has 0 amide bonds. The number of fused-ring (bicyclic) bond motifs is 1. The van der Waals surface area contributed by atoms with Crippen molar-refractivity contribution in [3.8, 4) is 11.3 Å². The van der Waals surface area contributed by atoms with E-state index in [0.29, 0.717) is 0 Å². The zero-order chi connectivity index (χ0) is 13.9. The quantitative estimate of drug-likeness (QED) is 0.775. The fourth-order valence-corrected chi connectivity index (χ4v) is 2.43. The van der Waals surface area contributed by atoms with Gasteiger partial charge in [-0.1, -0.05) is 42.5 Å². The van der Waals surface area contributed by atoms with Crippen LogP contribution in [-0.2, 0) is 0 Å². The molecule has 0 aliphatic heterocycles. The lowest BCUT2D eigenvalue weighted by Crippen LogP contribution is -2.02. The summed E-state index contributed by atoms with van der Waals surface area (Å²) in [4.78, 5) is 8.99. The van der Waals surface area contributed by atoms with Crippen LogP contribution in [0.2, 0.25) is 0 Å². The molecule has 2 aromatic carbocycles. The summed E-state index contributed by atoms with van der Waals surface area (Å²) in [5.74, 6) is 1.66. The molecule has 3 heteroatoms. The lowest BCUT2D eigenvalue weighted by molar-refractivity contribution is 1.04. The van der Waals surface area contributed by atoms with E-state index in [9.17, 15) is 0 Å². The van der Waals surface area contributed by atoms with Crippen LogP contribution < -0.4 is 5.32 Å². The van der Waals surface area contributed by atoms with Crippen LogP contribution in [0.4, 0.5) is 5.82 Å². The predicted molar refractivity (Wildman–Crippen MR) is 83.9 cm³/mol. The van der Waals surface area contributed by atoms with Gasteiger partial charge >= 0.3 is 0 Å². The van der Waals surface area contributed by atoms with Crippen molar-refractivity contribution in [1.82, 2.24) is 9.97 Å². The number of aryl methyl sites for hydroxylation is 1. The number of benzene rings is 2. The predicted octanol–water partition coefficient (Wildman–Crippen LogP) is 4.04. The summed E-state index contributed by atoms with van der Waals surface area (Å²) in [7, 11) is 0. The molecule has 3 nitrogen and oxygen atoms in total. The van der Waals surface area contributed by atoms with Crippen LogP contribution in [0, 0.1) is 6.92 Å². The molecule has 0 fully saturated rings. The first kappa shape index (κ1) is 12.6. The number of nitrogens with one attached hydrogen (secondary N) is 1. The fourth-order valence-electron chi connectivity index (χ4n) is 2.43. The lowest BCUT2D eigenvalue weighted by Gasteiger charge is -2.09. The molecule has 0 atom stereocenters. The standard InChI is InChI=1S/C17H17N3/c1-3-18-17-11-16(19-12(2)20-17)15-10-6-8-13-7-4-5-9-14(13)15/h4-11H,3H2,1-2H3,(H,18,19,20). The van der Waals surface area contributed by atoms with Gasteiger partial charge in [0, 0.05) is 18.2 Å². The van der Waals surface area contributed by atoms with Gasteiger partial charge in [0.25, 0.3) is 0 Å². The van der Waals surface area contributed by atoms with Crippen molar-refractivity contribution in [3.05, 3.63) is 54.4 Å². The Morgan fingerprint density at radius 1 is 1.00 bits per heavy atom. The average molecular weight is 263 g/mol. The molecule has 1 heterocycles. The molecule has 20 heavy (non-hydrogen) atoms. The first-order valence-electron chi connectivity index (χ1n) is 6.85. The smallest absolute Gasteiger partial charge is 0.130 e. The van der Waals surface area contributed by atoms with Crippen LogP contribution in [0.25, 0.3) is 22.0 Å². The molecule has 0 aliphatic rings. The molecule has 0 bridgehead atoms. The van der Waals surface area contributed by atoms with Gasteiger partial charge in [-0.25, -0.2) is 9.97 Å². The van der Waals surface area contributed by atoms with Crippen LogP contribution in [0.15, 0.2) is 48.5 Å². The molecule has 1 aromatic heterocycles. The summed E-state index contributed by atoms with van der Waals surface area (Å²) in [6.07, 6.45) is 0. The van der Waals surface area contributed by atoms with E-state index in [2.05, 4.69) is 64.7 Å². The highest BCUT2D eigenvalue weighted by Gasteiger charge is 2.07. The molecule has 1 N–H and O–H groups in total. The number of hydrogen-bond donors (Lipinski definition) is 1. The Hall–Kier alpha value is -2.42. The van der Waals surface area contributed by atoms with E-state index >= 15 is 0 Å². The number of anilines is 1. The first-order valence-corrected chi connectivity index (χ1v) is 6.85. The summed E-state index contributed by atoms with van der Waals surface area (Å²) in [6.45, 7) is 4.84. The number of nitrogens with zero attached hydrogens (tertiary/aromatic N) is 2. The third-order valence-corrected chi connectivity index (χ3v) is 3.26. The van der Waals surface area contributed by atoms with Gasteiger partial charge in [0.2, 0.25) is 0 Å². The maximum absolute atomic E-state index is 4.59. The Balaban J connectivity index is 2.20. The highest BCUT2D eigenvalue weighted by Crippen LogP contribution is 2.28. The number of aromatic nitrogens is 2. The van der Waals surface area contributed by atoms with Crippen molar-refractivity contribution in [1.29, 1.82) is 0 Å². The van der Waals surface area contributed by atoms with Crippen molar-refractivity contribution in [2.75, 3.05) is 11.9 Å². The molecule has 0 saturated heterocycles. The van der Waals surface area contributed by atoms with Crippen molar-refractivity contribution < 1.29 is 0 Å². The third-order valence-electron chi connectivity index (χ3n) is 3.26. The van der Waals surface area contributed by atoms with Crippen LogP contribution in [0.1, 0.15) is 12.7 Å². The molecule has 0 unspecified atom stereocenters. The van der Waals surface area contributed by atoms with Crippen LogP contribution >= 0.6 is 0 Å². The summed E-state index contributed by atoms with van der Waals surface area (Å²) in [6, 6.07) is 16.7. The Bertz CT molecular complexity index is 745. The van der Waals surface area contributed by atoms with Gasteiger partial charge in [0.05, 0.1) is 5.69 Å². The molecular formula is C17H17N3. The molecule has 3 rings (SSSR count). The highest BCUT2D eigenvalue weighted by molar-refractivity contribution is 5.96. The van der Waals surface area contributed by atoms with Crippen molar-refractivity contribution in [3.63, 3.8) is 0 Å². The average Bonchev–Trinajstić information content (AvgIpc) is 2.46. The maximum atomic E-state index is 4.59.